The fourth-order valence-corrected chi connectivity index (χ4v) is 4.52. The standard InChI is InChI=1S/C24H30N4O3S/c1-18-11-12-22(16-19(18)2)28(32(4,30)31)14-7-10-24(29)26-17-21-8-5-6-9-23(21)27-15-13-25-20(27)3/h5-6,8-9,11-13,15-16H,7,10,14,17H2,1-4H3,(H,26,29). The molecule has 0 aliphatic heterocycles. The van der Waals surface area contributed by atoms with Gasteiger partial charge in [0.2, 0.25) is 15.9 Å². The Morgan fingerprint density at radius 2 is 1.84 bits per heavy atom. The number of hydrogen-bond acceptors (Lipinski definition) is 4. The quantitative estimate of drug-likeness (QED) is 0.535. The molecule has 8 heteroatoms. The summed E-state index contributed by atoms with van der Waals surface area (Å²) in [5.74, 6) is 0.756. The van der Waals surface area contributed by atoms with Crippen molar-refractivity contribution in [3.05, 3.63) is 77.4 Å². The van der Waals surface area contributed by atoms with Crippen LogP contribution in [0.2, 0.25) is 0 Å². The zero-order valence-corrected chi connectivity index (χ0v) is 19.8. The van der Waals surface area contributed by atoms with E-state index in [9.17, 15) is 13.2 Å². The summed E-state index contributed by atoms with van der Waals surface area (Å²) in [7, 11) is -3.44. The van der Waals surface area contributed by atoms with Gasteiger partial charge in [0.15, 0.2) is 0 Å². The van der Waals surface area contributed by atoms with Crippen molar-refractivity contribution in [2.45, 2.75) is 40.2 Å². The summed E-state index contributed by atoms with van der Waals surface area (Å²) in [4.78, 5) is 16.7. The Balaban J connectivity index is 1.59. The molecule has 0 aliphatic carbocycles. The van der Waals surface area contributed by atoms with Crippen LogP contribution >= 0.6 is 0 Å². The van der Waals surface area contributed by atoms with Crippen LogP contribution in [0.15, 0.2) is 54.9 Å². The summed E-state index contributed by atoms with van der Waals surface area (Å²) in [6.07, 6.45) is 5.49. The molecule has 2 aromatic carbocycles. The topological polar surface area (TPSA) is 84.3 Å². The number of imidazole rings is 1. The first-order chi connectivity index (χ1) is 15.2. The molecule has 7 nitrogen and oxygen atoms in total. The van der Waals surface area contributed by atoms with E-state index in [1.165, 1.54) is 10.6 Å². The second-order valence-electron chi connectivity index (χ2n) is 7.96. The molecule has 170 valence electrons. The van der Waals surface area contributed by atoms with Crippen molar-refractivity contribution in [1.82, 2.24) is 14.9 Å². The highest BCUT2D eigenvalue weighted by atomic mass is 32.2. The number of nitrogens with one attached hydrogen (secondary N) is 1. The van der Waals surface area contributed by atoms with Crippen LogP contribution in [0, 0.1) is 20.8 Å². The van der Waals surface area contributed by atoms with Gasteiger partial charge in [0.1, 0.15) is 5.82 Å². The number of para-hydroxylation sites is 1. The van der Waals surface area contributed by atoms with Crippen molar-refractivity contribution in [1.29, 1.82) is 0 Å². The Bertz CT molecular complexity index is 1200. The molecule has 1 amide bonds. The van der Waals surface area contributed by atoms with E-state index >= 15 is 0 Å². The zero-order valence-electron chi connectivity index (χ0n) is 19.0. The Labute approximate surface area is 190 Å². The molecule has 1 aromatic heterocycles. The molecule has 1 N–H and O–H groups in total. The van der Waals surface area contributed by atoms with Crippen LogP contribution in [0.5, 0.6) is 0 Å². The van der Waals surface area contributed by atoms with Crippen molar-refractivity contribution >= 4 is 21.6 Å². The van der Waals surface area contributed by atoms with Crippen molar-refractivity contribution in [3.8, 4) is 5.69 Å². The van der Waals surface area contributed by atoms with E-state index in [2.05, 4.69) is 10.3 Å². The SMILES string of the molecule is Cc1ccc(N(CCCC(=O)NCc2ccccc2-n2ccnc2C)S(C)(=O)=O)cc1C. The summed E-state index contributed by atoms with van der Waals surface area (Å²) in [6, 6.07) is 13.4. The molecule has 1 heterocycles. The maximum Gasteiger partial charge on any atom is 0.232 e. The van der Waals surface area contributed by atoms with Crippen LogP contribution in [0.25, 0.3) is 5.69 Å². The van der Waals surface area contributed by atoms with Gasteiger partial charge in [-0.05, 0) is 62.1 Å². The third-order valence-electron chi connectivity index (χ3n) is 5.50. The molecule has 32 heavy (non-hydrogen) atoms. The minimum Gasteiger partial charge on any atom is -0.352 e. The molecule has 0 saturated carbocycles. The number of hydrogen-bond donors (Lipinski definition) is 1. The third-order valence-corrected chi connectivity index (χ3v) is 6.69. The minimum absolute atomic E-state index is 0.115. The predicted octanol–water partition coefficient (Wildman–Crippen LogP) is 3.66. The molecule has 0 atom stereocenters. The van der Waals surface area contributed by atoms with Crippen molar-refractivity contribution in [3.63, 3.8) is 0 Å². The monoisotopic (exact) mass is 454 g/mol. The fraction of sp³-hybridized carbons (Fsp3) is 0.333. The molecule has 0 unspecified atom stereocenters. The van der Waals surface area contributed by atoms with Gasteiger partial charge in [-0.1, -0.05) is 24.3 Å². The summed E-state index contributed by atoms with van der Waals surface area (Å²) in [5, 5.41) is 2.95. The molecule has 0 radical (unpaired) electrons. The first-order valence-electron chi connectivity index (χ1n) is 10.6. The van der Waals surface area contributed by atoms with Crippen LogP contribution in [0.3, 0.4) is 0 Å². The first-order valence-corrected chi connectivity index (χ1v) is 12.4. The third kappa shape index (κ3) is 5.76. The lowest BCUT2D eigenvalue weighted by atomic mass is 10.1. The van der Waals surface area contributed by atoms with Crippen LogP contribution in [-0.2, 0) is 21.4 Å². The number of sulfonamides is 1. The Kier molecular flexibility index (Phi) is 7.35. The number of nitrogens with zero attached hydrogens (tertiary/aromatic N) is 3. The fourth-order valence-electron chi connectivity index (χ4n) is 3.56. The number of carbonyl (C=O) groups is 1. The number of benzene rings is 2. The number of anilines is 1. The molecule has 0 saturated heterocycles. The lowest BCUT2D eigenvalue weighted by molar-refractivity contribution is -0.121. The molecule has 0 spiro atoms. The normalized spacial score (nSPS) is 11.4. The summed E-state index contributed by atoms with van der Waals surface area (Å²) >= 11 is 0. The first kappa shape index (κ1) is 23.5. The second kappa shape index (κ2) is 9.99. The smallest absolute Gasteiger partial charge is 0.232 e. The van der Waals surface area contributed by atoms with E-state index in [-0.39, 0.29) is 18.9 Å². The Morgan fingerprint density at radius 1 is 1.09 bits per heavy atom. The van der Waals surface area contributed by atoms with Gasteiger partial charge in [0, 0.05) is 31.9 Å². The molecular formula is C24H30N4O3S. The number of aromatic nitrogens is 2. The second-order valence-corrected chi connectivity index (χ2v) is 9.86. The number of aryl methyl sites for hydroxylation is 3. The van der Waals surface area contributed by atoms with Gasteiger partial charge in [-0.3, -0.25) is 9.10 Å². The largest absolute Gasteiger partial charge is 0.352 e. The Morgan fingerprint density at radius 3 is 2.50 bits per heavy atom. The minimum atomic E-state index is -3.44. The van der Waals surface area contributed by atoms with E-state index in [1.54, 1.807) is 12.3 Å². The summed E-state index contributed by atoms with van der Waals surface area (Å²) in [5.41, 5.74) is 4.71. The maximum absolute atomic E-state index is 12.4. The molecule has 0 bridgehead atoms. The summed E-state index contributed by atoms with van der Waals surface area (Å²) in [6.45, 7) is 6.51. The van der Waals surface area contributed by atoms with Gasteiger partial charge < -0.3 is 9.88 Å². The van der Waals surface area contributed by atoms with E-state index in [4.69, 9.17) is 0 Å². The molecule has 3 rings (SSSR count). The van der Waals surface area contributed by atoms with Gasteiger partial charge in [-0.2, -0.15) is 0 Å². The molecule has 0 aliphatic rings. The highest BCUT2D eigenvalue weighted by Gasteiger charge is 2.18. The van der Waals surface area contributed by atoms with Crippen LogP contribution in [0.4, 0.5) is 5.69 Å². The van der Waals surface area contributed by atoms with E-state index in [0.717, 1.165) is 28.2 Å². The average molecular weight is 455 g/mol. The number of carbonyl (C=O) groups excluding carboxylic acids is 1. The van der Waals surface area contributed by atoms with Crippen molar-refractivity contribution in [2.75, 3.05) is 17.1 Å². The molecule has 0 fully saturated rings. The van der Waals surface area contributed by atoms with Crippen LogP contribution in [0.1, 0.15) is 35.4 Å². The predicted molar refractivity (Wildman–Crippen MR) is 127 cm³/mol. The van der Waals surface area contributed by atoms with Gasteiger partial charge in [-0.25, -0.2) is 13.4 Å². The average Bonchev–Trinajstić information content (AvgIpc) is 3.17. The van der Waals surface area contributed by atoms with E-state index in [0.29, 0.717) is 18.7 Å². The van der Waals surface area contributed by atoms with Crippen LogP contribution in [-0.4, -0.2) is 36.7 Å². The zero-order chi connectivity index (χ0) is 23.3. The lowest BCUT2D eigenvalue weighted by Gasteiger charge is -2.23. The summed E-state index contributed by atoms with van der Waals surface area (Å²) < 4.78 is 28.0. The number of amides is 1. The number of rotatable bonds is 9. The van der Waals surface area contributed by atoms with Crippen molar-refractivity contribution < 1.29 is 13.2 Å². The highest BCUT2D eigenvalue weighted by Crippen LogP contribution is 2.22. The van der Waals surface area contributed by atoms with E-state index in [1.807, 2.05) is 67.9 Å². The van der Waals surface area contributed by atoms with Crippen molar-refractivity contribution in [2.24, 2.45) is 0 Å². The van der Waals surface area contributed by atoms with Crippen LogP contribution < -0.4 is 9.62 Å². The van der Waals surface area contributed by atoms with Gasteiger partial charge >= 0.3 is 0 Å². The molecule has 3 aromatic rings. The van der Waals surface area contributed by atoms with Gasteiger partial charge in [-0.15, -0.1) is 0 Å². The lowest BCUT2D eigenvalue weighted by Crippen LogP contribution is -2.32. The van der Waals surface area contributed by atoms with Gasteiger partial charge in [0.05, 0.1) is 17.6 Å². The van der Waals surface area contributed by atoms with Gasteiger partial charge in [0.25, 0.3) is 0 Å². The maximum atomic E-state index is 12.4. The van der Waals surface area contributed by atoms with E-state index < -0.39 is 10.0 Å². The Hall–Kier alpha value is -3.13. The highest BCUT2D eigenvalue weighted by molar-refractivity contribution is 7.92. The molecular weight excluding hydrogens is 424 g/mol.